The Hall–Kier alpha value is -1.65. The van der Waals surface area contributed by atoms with Crippen LogP contribution >= 0.6 is 0 Å². The first-order valence-electron chi connectivity index (χ1n) is 6.22. The smallest absolute Gasteiger partial charge is 0.209 e. The maximum absolute atomic E-state index is 9.47. The Labute approximate surface area is 106 Å². The van der Waals surface area contributed by atoms with Crippen LogP contribution in [0.15, 0.2) is 40.9 Å². The number of aliphatic hydroxyl groups excluding tert-OH is 1. The van der Waals surface area contributed by atoms with E-state index in [-0.39, 0.29) is 6.10 Å². The van der Waals surface area contributed by atoms with Gasteiger partial charge in [-0.05, 0) is 6.42 Å². The topological polar surface area (TPSA) is 49.5 Å². The number of oxazole rings is 1. The van der Waals surface area contributed by atoms with E-state index in [1.165, 1.54) is 0 Å². The SMILES string of the molecule is O[C@H]1CCN(Cc2ncc(-c3ccccc3)o2)C1. The third kappa shape index (κ3) is 2.44. The Kier molecular flexibility index (Phi) is 3.13. The summed E-state index contributed by atoms with van der Waals surface area (Å²) in [5, 5.41) is 9.47. The molecular weight excluding hydrogens is 228 g/mol. The van der Waals surface area contributed by atoms with Crippen molar-refractivity contribution < 1.29 is 9.52 Å². The molecule has 94 valence electrons. The molecule has 1 aromatic heterocycles. The van der Waals surface area contributed by atoms with Crippen molar-refractivity contribution in [1.82, 2.24) is 9.88 Å². The fraction of sp³-hybridized carbons (Fsp3) is 0.357. The molecule has 1 fully saturated rings. The van der Waals surface area contributed by atoms with Gasteiger partial charge >= 0.3 is 0 Å². The zero-order chi connectivity index (χ0) is 12.4. The van der Waals surface area contributed by atoms with E-state index in [1.54, 1.807) is 6.20 Å². The standard InChI is InChI=1S/C14H16N2O2/c17-12-6-7-16(9-12)10-14-15-8-13(18-14)11-4-2-1-3-5-11/h1-5,8,12,17H,6-7,9-10H2/t12-/m0/s1. The molecule has 18 heavy (non-hydrogen) atoms. The molecule has 1 aromatic carbocycles. The Morgan fingerprint density at radius 3 is 2.89 bits per heavy atom. The molecule has 2 heterocycles. The van der Waals surface area contributed by atoms with Gasteiger partial charge in [-0.1, -0.05) is 30.3 Å². The zero-order valence-electron chi connectivity index (χ0n) is 10.1. The molecule has 3 rings (SSSR count). The van der Waals surface area contributed by atoms with Crippen molar-refractivity contribution in [3.8, 4) is 11.3 Å². The molecule has 0 aliphatic carbocycles. The quantitative estimate of drug-likeness (QED) is 0.896. The van der Waals surface area contributed by atoms with E-state index in [0.29, 0.717) is 19.0 Å². The highest BCUT2D eigenvalue weighted by Crippen LogP contribution is 2.21. The van der Waals surface area contributed by atoms with Gasteiger partial charge in [0.15, 0.2) is 5.76 Å². The van der Waals surface area contributed by atoms with Crippen LogP contribution in [0.3, 0.4) is 0 Å². The number of β-amino-alcohol motifs (C(OH)–C–C–N with tert-alkyl or cyclic N) is 1. The molecule has 4 nitrogen and oxygen atoms in total. The summed E-state index contributed by atoms with van der Waals surface area (Å²) < 4.78 is 5.73. The molecule has 0 amide bonds. The normalized spacial score (nSPS) is 20.4. The first kappa shape index (κ1) is 11.4. The number of hydrogen-bond donors (Lipinski definition) is 1. The highest BCUT2D eigenvalue weighted by Gasteiger charge is 2.21. The first-order valence-corrected chi connectivity index (χ1v) is 6.22. The second-order valence-corrected chi connectivity index (χ2v) is 4.66. The molecule has 1 atom stereocenters. The number of benzene rings is 1. The van der Waals surface area contributed by atoms with Gasteiger partial charge in [-0.2, -0.15) is 0 Å². The lowest BCUT2D eigenvalue weighted by Gasteiger charge is -2.11. The predicted molar refractivity (Wildman–Crippen MR) is 67.8 cm³/mol. The van der Waals surface area contributed by atoms with Crippen LogP contribution in [0.1, 0.15) is 12.3 Å². The maximum Gasteiger partial charge on any atom is 0.209 e. The average Bonchev–Trinajstić information content (AvgIpc) is 3.01. The van der Waals surface area contributed by atoms with Gasteiger partial charge in [-0.15, -0.1) is 0 Å². The van der Waals surface area contributed by atoms with E-state index < -0.39 is 0 Å². The van der Waals surface area contributed by atoms with Crippen LogP contribution in [0.25, 0.3) is 11.3 Å². The monoisotopic (exact) mass is 244 g/mol. The molecule has 0 unspecified atom stereocenters. The highest BCUT2D eigenvalue weighted by atomic mass is 16.4. The fourth-order valence-corrected chi connectivity index (χ4v) is 2.27. The summed E-state index contributed by atoms with van der Waals surface area (Å²) in [6.45, 7) is 2.29. The minimum atomic E-state index is -0.200. The highest BCUT2D eigenvalue weighted by molar-refractivity contribution is 5.55. The van der Waals surface area contributed by atoms with Crippen LogP contribution in [0.5, 0.6) is 0 Å². The van der Waals surface area contributed by atoms with E-state index in [9.17, 15) is 5.11 Å². The Balaban J connectivity index is 1.70. The molecule has 0 bridgehead atoms. The summed E-state index contributed by atoms with van der Waals surface area (Å²) in [4.78, 5) is 6.45. The van der Waals surface area contributed by atoms with Crippen molar-refractivity contribution in [1.29, 1.82) is 0 Å². The molecule has 1 aliphatic heterocycles. The molecule has 4 heteroatoms. The van der Waals surface area contributed by atoms with Gasteiger partial charge in [0.2, 0.25) is 5.89 Å². The summed E-state index contributed by atoms with van der Waals surface area (Å²) in [5.74, 6) is 1.51. The second-order valence-electron chi connectivity index (χ2n) is 4.66. The van der Waals surface area contributed by atoms with Crippen LogP contribution in [-0.2, 0) is 6.54 Å². The first-order chi connectivity index (χ1) is 8.81. The van der Waals surface area contributed by atoms with Crippen LogP contribution in [0.4, 0.5) is 0 Å². The van der Waals surface area contributed by atoms with Crippen molar-refractivity contribution in [2.45, 2.75) is 19.1 Å². The number of aromatic nitrogens is 1. The van der Waals surface area contributed by atoms with Crippen molar-refractivity contribution in [3.05, 3.63) is 42.4 Å². The van der Waals surface area contributed by atoms with Gasteiger partial charge in [0.25, 0.3) is 0 Å². The van der Waals surface area contributed by atoms with Crippen molar-refractivity contribution in [3.63, 3.8) is 0 Å². The van der Waals surface area contributed by atoms with Crippen LogP contribution in [0, 0.1) is 0 Å². The molecular formula is C14H16N2O2. The van der Waals surface area contributed by atoms with E-state index in [1.807, 2.05) is 30.3 Å². The molecule has 1 N–H and O–H groups in total. The largest absolute Gasteiger partial charge is 0.439 e. The summed E-state index contributed by atoms with van der Waals surface area (Å²) in [5.41, 5.74) is 1.04. The van der Waals surface area contributed by atoms with E-state index in [2.05, 4.69) is 9.88 Å². The maximum atomic E-state index is 9.47. The molecule has 1 saturated heterocycles. The van der Waals surface area contributed by atoms with Gasteiger partial charge in [-0.3, -0.25) is 4.90 Å². The van der Waals surface area contributed by atoms with Gasteiger partial charge in [0, 0.05) is 18.7 Å². The molecule has 1 aliphatic rings. The minimum absolute atomic E-state index is 0.200. The van der Waals surface area contributed by atoms with Gasteiger partial charge in [0.1, 0.15) is 0 Å². The third-order valence-corrected chi connectivity index (χ3v) is 3.22. The number of aliphatic hydroxyl groups is 1. The van der Waals surface area contributed by atoms with Crippen LogP contribution in [0.2, 0.25) is 0 Å². The summed E-state index contributed by atoms with van der Waals surface area (Å²) in [6.07, 6.45) is 2.40. The van der Waals surface area contributed by atoms with Crippen LogP contribution in [-0.4, -0.2) is 34.2 Å². The molecule has 0 saturated carbocycles. The average molecular weight is 244 g/mol. The lowest BCUT2D eigenvalue weighted by Crippen LogP contribution is -2.21. The van der Waals surface area contributed by atoms with Gasteiger partial charge in [-0.25, -0.2) is 4.98 Å². The summed E-state index contributed by atoms with van der Waals surface area (Å²) >= 11 is 0. The van der Waals surface area contributed by atoms with Crippen molar-refractivity contribution in [2.75, 3.05) is 13.1 Å². The molecule has 0 spiro atoms. The third-order valence-electron chi connectivity index (χ3n) is 3.22. The van der Waals surface area contributed by atoms with Crippen LogP contribution < -0.4 is 0 Å². The van der Waals surface area contributed by atoms with Gasteiger partial charge < -0.3 is 9.52 Å². The van der Waals surface area contributed by atoms with E-state index in [0.717, 1.165) is 24.3 Å². The summed E-state index contributed by atoms with van der Waals surface area (Å²) in [6, 6.07) is 9.95. The minimum Gasteiger partial charge on any atom is -0.439 e. The number of hydrogen-bond acceptors (Lipinski definition) is 4. The number of nitrogens with zero attached hydrogens (tertiary/aromatic N) is 2. The zero-order valence-corrected chi connectivity index (χ0v) is 10.1. The van der Waals surface area contributed by atoms with Gasteiger partial charge in [0.05, 0.1) is 18.8 Å². The second kappa shape index (κ2) is 4.92. The summed E-state index contributed by atoms with van der Waals surface area (Å²) in [7, 11) is 0. The van der Waals surface area contributed by atoms with Crippen molar-refractivity contribution >= 4 is 0 Å². The molecule has 2 aromatic rings. The Morgan fingerprint density at radius 2 is 2.17 bits per heavy atom. The lowest BCUT2D eigenvalue weighted by atomic mass is 10.2. The fourth-order valence-electron chi connectivity index (χ4n) is 2.27. The number of rotatable bonds is 3. The molecule has 0 radical (unpaired) electrons. The van der Waals surface area contributed by atoms with Crippen molar-refractivity contribution in [2.24, 2.45) is 0 Å². The lowest BCUT2D eigenvalue weighted by molar-refractivity contribution is 0.171. The van der Waals surface area contributed by atoms with E-state index in [4.69, 9.17) is 4.42 Å². The predicted octanol–water partition coefficient (Wildman–Crippen LogP) is 1.91. The Bertz CT molecular complexity index is 510. The Morgan fingerprint density at radius 1 is 1.33 bits per heavy atom. The number of likely N-dealkylation sites (tertiary alicyclic amines) is 1. The van der Waals surface area contributed by atoms with E-state index >= 15 is 0 Å².